The van der Waals surface area contributed by atoms with Gasteiger partial charge >= 0.3 is 0 Å². The second-order valence-electron chi connectivity index (χ2n) is 4.60. The van der Waals surface area contributed by atoms with E-state index in [2.05, 4.69) is 6.92 Å². The van der Waals surface area contributed by atoms with Gasteiger partial charge in [0.1, 0.15) is 5.82 Å². The van der Waals surface area contributed by atoms with Crippen LogP contribution in [0.3, 0.4) is 0 Å². The summed E-state index contributed by atoms with van der Waals surface area (Å²) < 4.78 is 13.5. The van der Waals surface area contributed by atoms with Crippen LogP contribution >= 0.6 is 11.6 Å². The van der Waals surface area contributed by atoms with Crippen LogP contribution in [0.25, 0.3) is 0 Å². The Morgan fingerprint density at radius 1 is 1.41 bits per heavy atom. The van der Waals surface area contributed by atoms with Gasteiger partial charge in [0.15, 0.2) is 0 Å². The van der Waals surface area contributed by atoms with E-state index in [1.54, 1.807) is 4.90 Å². The van der Waals surface area contributed by atoms with E-state index in [0.717, 1.165) is 12.8 Å². The van der Waals surface area contributed by atoms with Gasteiger partial charge in [-0.15, -0.1) is 0 Å². The van der Waals surface area contributed by atoms with E-state index in [1.807, 2.05) is 0 Å². The summed E-state index contributed by atoms with van der Waals surface area (Å²) in [7, 11) is 0. The van der Waals surface area contributed by atoms with Gasteiger partial charge in [-0.2, -0.15) is 0 Å². The third-order valence-corrected chi connectivity index (χ3v) is 3.46. The van der Waals surface area contributed by atoms with E-state index in [0.29, 0.717) is 24.0 Å². The average Bonchev–Trinajstić information content (AvgIpc) is 2.32. The number of carbonyl (C=O) groups is 1. The van der Waals surface area contributed by atoms with Gasteiger partial charge in [-0.05, 0) is 37.0 Å². The molecule has 0 spiro atoms. The molecule has 2 rings (SSSR count). The van der Waals surface area contributed by atoms with Crippen molar-refractivity contribution in [1.29, 1.82) is 0 Å². The Hall–Kier alpha value is -1.09. The Morgan fingerprint density at radius 3 is 2.71 bits per heavy atom. The maximum Gasteiger partial charge on any atom is 0.256 e. The summed E-state index contributed by atoms with van der Waals surface area (Å²) in [6.45, 7) is 3.57. The van der Waals surface area contributed by atoms with Gasteiger partial charge in [0.05, 0.1) is 5.56 Å². The molecular formula is C13H15ClFNO. The zero-order valence-corrected chi connectivity index (χ0v) is 10.5. The second kappa shape index (κ2) is 5.05. The molecular weight excluding hydrogens is 241 g/mol. The van der Waals surface area contributed by atoms with Crippen molar-refractivity contribution >= 4 is 17.5 Å². The summed E-state index contributed by atoms with van der Waals surface area (Å²) >= 11 is 5.79. The standard InChI is InChI=1S/C13H15ClFNO/c1-9-4-6-16(7-5-9)13(17)11-8-10(14)2-3-12(11)15/h2-3,8-9H,4-7H2,1H3. The predicted molar refractivity (Wildman–Crippen MR) is 65.7 cm³/mol. The maximum atomic E-state index is 13.5. The van der Waals surface area contributed by atoms with Crippen molar-refractivity contribution in [2.24, 2.45) is 5.92 Å². The van der Waals surface area contributed by atoms with E-state index in [9.17, 15) is 9.18 Å². The largest absolute Gasteiger partial charge is 0.339 e. The number of hydrogen-bond donors (Lipinski definition) is 0. The van der Waals surface area contributed by atoms with Crippen molar-refractivity contribution in [1.82, 2.24) is 4.90 Å². The summed E-state index contributed by atoms with van der Waals surface area (Å²) in [5.41, 5.74) is 0.0760. The lowest BCUT2D eigenvalue weighted by atomic mass is 9.98. The molecule has 92 valence electrons. The summed E-state index contributed by atoms with van der Waals surface area (Å²) in [6, 6.07) is 4.09. The zero-order chi connectivity index (χ0) is 12.4. The summed E-state index contributed by atoms with van der Waals surface area (Å²) in [5, 5.41) is 0.389. The molecule has 0 saturated carbocycles. The smallest absolute Gasteiger partial charge is 0.256 e. The van der Waals surface area contributed by atoms with Crippen molar-refractivity contribution < 1.29 is 9.18 Å². The van der Waals surface area contributed by atoms with Gasteiger partial charge in [-0.25, -0.2) is 4.39 Å². The van der Waals surface area contributed by atoms with Crippen LogP contribution in [0.2, 0.25) is 5.02 Å². The van der Waals surface area contributed by atoms with E-state index in [4.69, 9.17) is 11.6 Å². The molecule has 1 aliphatic heterocycles. The highest BCUT2D eigenvalue weighted by Gasteiger charge is 2.23. The second-order valence-corrected chi connectivity index (χ2v) is 5.04. The van der Waals surface area contributed by atoms with Crippen LogP contribution in [-0.4, -0.2) is 23.9 Å². The molecule has 1 aromatic rings. The number of nitrogens with zero attached hydrogens (tertiary/aromatic N) is 1. The first-order valence-electron chi connectivity index (χ1n) is 5.82. The average molecular weight is 256 g/mol. The van der Waals surface area contributed by atoms with Crippen molar-refractivity contribution in [3.63, 3.8) is 0 Å². The number of likely N-dealkylation sites (tertiary alicyclic amines) is 1. The van der Waals surface area contributed by atoms with Gasteiger partial charge in [-0.3, -0.25) is 4.79 Å². The Balaban J connectivity index is 2.16. The fourth-order valence-electron chi connectivity index (χ4n) is 2.04. The van der Waals surface area contributed by atoms with Crippen LogP contribution < -0.4 is 0 Å². The third kappa shape index (κ3) is 2.78. The quantitative estimate of drug-likeness (QED) is 0.754. The molecule has 0 aromatic heterocycles. The molecule has 1 heterocycles. The fourth-order valence-corrected chi connectivity index (χ4v) is 2.22. The molecule has 0 radical (unpaired) electrons. The van der Waals surface area contributed by atoms with Crippen LogP contribution in [0.5, 0.6) is 0 Å². The van der Waals surface area contributed by atoms with Gasteiger partial charge < -0.3 is 4.90 Å². The molecule has 17 heavy (non-hydrogen) atoms. The molecule has 1 saturated heterocycles. The molecule has 0 unspecified atom stereocenters. The Labute approximate surface area is 105 Å². The number of piperidine rings is 1. The van der Waals surface area contributed by atoms with Gasteiger partial charge in [0, 0.05) is 18.1 Å². The fraction of sp³-hybridized carbons (Fsp3) is 0.462. The lowest BCUT2D eigenvalue weighted by Crippen LogP contribution is -2.38. The number of amides is 1. The highest BCUT2D eigenvalue weighted by molar-refractivity contribution is 6.31. The number of halogens is 2. The molecule has 0 aliphatic carbocycles. The molecule has 2 nitrogen and oxygen atoms in total. The zero-order valence-electron chi connectivity index (χ0n) is 9.75. The third-order valence-electron chi connectivity index (χ3n) is 3.23. The first-order chi connectivity index (χ1) is 8.08. The van der Waals surface area contributed by atoms with E-state index < -0.39 is 5.82 Å². The molecule has 1 aliphatic rings. The number of hydrogen-bond acceptors (Lipinski definition) is 1. The minimum Gasteiger partial charge on any atom is -0.339 e. The van der Waals surface area contributed by atoms with Gasteiger partial charge in [0.25, 0.3) is 5.91 Å². The lowest BCUT2D eigenvalue weighted by Gasteiger charge is -2.30. The van der Waals surface area contributed by atoms with Crippen molar-refractivity contribution in [3.05, 3.63) is 34.6 Å². The van der Waals surface area contributed by atoms with E-state index in [-0.39, 0.29) is 11.5 Å². The minimum absolute atomic E-state index is 0.0760. The molecule has 1 amide bonds. The number of benzene rings is 1. The van der Waals surface area contributed by atoms with Crippen molar-refractivity contribution in [3.8, 4) is 0 Å². The van der Waals surface area contributed by atoms with Crippen LogP contribution in [-0.2, 0) is 0 Å². The van der Waals surface area contributed by atoms with Crippen LogP contribution in [0.4, 0.5) is 4.39 Å². The van der Waals surface area contributed by atoms with Crippen molar-refractivity contribution in [2.45, 2.75) is 19.8 Å². The van der Waals surface area contributed by atoms with Crippen LogP contribution in [0, 0.1) is 11.7 Å². The molecule has 0 bridgehead atoms. The molecule has 0 N–H and O–H groups in total. The highest BCUT2D eigenvalue weighted by Crippen LogP contribution is 2.21. The predicted octanol–water partition coefficient (Wildman–Crippen LogP) is 3.35. The number of carbonyl (C=O) groups excluding carboxylic acids is 1. The van der Waals surface area contributed by atoms with Crippen LogP contribution in [0.1, 0.15) is 30.1 Å². The molecule has 0 atom stereocenters. The Kier molecular flexibility index (Phi) is 3.67. The minimum atomic E-state index is -0.502. The van der Waals surface area contributed by atoms with Crippen molar-refractivity contribution in [2.75, 3.05) is 13.1 Å². The molecule has 4 heteroatoms. The number of rotatable bonds is 1. The lowest BCUT2D eigenvalue weighted by molar-refractivity contribution is 0.0692. The summed E-state index contributed by atoms with van der Waals surface area (Å²) in [6.07, 6.45) is 1.96. The summed E-state index contributed by atoms with van der Waals surface area (Å²) in [4.78, 5) is 13.8. The topological polar surface area (TPSA) is 20.3 Å². The Morgan fingerprint density at radius 2 is 2.06 bits per heavy atom. The molecule has 1 fully saturated rings. The normalized spacial score (nSPS) is 17.2. The SMILES string of the molecule is CC1CCN(C(=O)c2cc(Cl)ccc2F)CC1. The highest BCUT2D eigenvalue weighted by atomic mass is 35.5. The van der Waals surface area contributed by atoms with E-state index in [1.165, 1.54) is 18.2 Å². The van der Waals surface area contributed by atoms with Crippen LogP contribution in [0.15, 0.2) is 18.2 Å². The van der Waals surface area contributed by atoms with Gasteiger partial charge in [0.2, 0.25) is 0 Å². The van der Waals surface area contributed by atoms with E-state index >= 15 is 0 Å². The molecule has 1 aromatic carbocycles. The Bertz CT molecular complexity index is 427. The first kappa shape index (κ1) is 12.4. The monoisotopic (exact) mass is 255 g/mol. The first-order valence-corrected chi connectivity index (χ1v) is 6.20. The van der Waals surface area contributed by atoms with Gasteiger partial charge in [-0.1, -0.05) is 18.5 Å². The summed E-state index contributed by atoms with van der Waals surface area (Å²) in [5.74, 6) is -0.113. The maximum absolute atomic E-state index is 13.5.